The van der Waals surface area contributed by atoms with Crippen molar-refractivity contribution in [1.82, 2.24) is 9.97 Å². The maximum absolute atomic E-state index is 14.6. The zero-order valence-corrected chi connectivity index (χ0v) is 17.9. The highest BCUT2D eigenvalue weighted by atomic mass is 19.1. The summed E-state index contributed by atoms with van der Waals surface area (Å²) < 4.78 is 14.6. The Kier molecular flexibility index (Phi) is 5.26. The number of rotatable bonds is 3. The molecule has 0 atom stereocenters. The van der Waals surface area contributed by atoms with Gasteiger partial charge in [0.15, 0.2) is 18.2 Å². The summed E-state index contributed by atoms with van der Waals surface area (Å²) in [5.41, 5.74) is 2.86. The molecule has 4 aromatic rings. The number of amides is 1. The van der Waals surface area contributed by atoms with Gasteiger partial charge in [0, 0.05) is 30.1 Å². The number of aromatic hydroxyl groups is 1. The number of halogens is 1. The predicted octanol–water partition coefficient (Wildman–Crippen LogP) is 3.76. The van der Waals surface area contributed by atoms with Crippen LogP contribution in [-0.2, 0) is 0 Å². The van der Waals surface area contributed by atoms with Crippen LogP contribution in [0.1, 0.15) is 22.3 Å². The quantitative estimate of drug-likeness (QED) is 0.522. The minimum atomic E-state index is -0.595. The van der Waals surface area contributed by atoms with Crippen molar-refractivity contribution < 1.29 is 19.3 Å². The number of aryl methyl sites for hydroxylation is 1. The fourth-order valence-corrected chi connectivity index (χ4v) is 3.96. The summed E-state index contributed by atoms with van der Waals surface area (Å²) >= 11 is 0. The van der Waals surface area contributed by atoms with Crippen LogP contribution in [-0.4, -0.2) is 39.8 Å². The first-order valence-electron chi connectivity index (χ1n) is 10.6. The number of aliphatic imine (C=N–C) groups is 1. The maximum atomic E-state index is 14.6. The number of phenols is 1. The van der Waals surface area contributed by atoms with Gasteiger partial charge < -0.3 is 10.0 Å². The molecule has 1 aliphatic heterocycles. The van der Waals surface area contributed by atoms with Crippen molar-refractivity contribution in [2.24, 2.45) is 4.99 Å². The first-order valence-corrected chi connectivity index (χ1v) is 10.6. The van der Waals surface area contributed by atoms with Gasteiger partial charge in [-0.2, -0.15) is 0 Å². The highest BCUT2D eigenvalue weighted by Crippen LogP contribution is 2.34. The van der Waals surface area contributed by atoms with Crippen molar-refractivity contribution in [1.29, 1.82) is 0 Å². The van der Waals surface area contributed by atoms with Gasteiger partial charge >= 0.3 is 0 Å². The van der Waals surface area contributed by atoms with E-state index in [1.165, 1.54) is 18.2 Å². The average Bonchev–Trinajstić information content (AvgIpc) is 3.27. The van der Waals surface area contributed by atoms with E-state index in [1.807, 2.05) is 30.0 Å². The largest absolute Gasteiger partial charge is 0.507 e. The Bertz CT molecular complexity index is 1380. The lowest BCUT2D eigenvalue weighted by atomic mass is 10.1. The molecule has 2 aromatic heterocycles. The topological polar surface area (TPSA) is 92.8 Å². The van der Waals surface area contributed by atoms with Crippen molar-refractivity contribution in [3.8, 4) is 17.1 Å². The number of aromatic amines is 1. The lowest BCUT2D eigenvalue weighted by Gasteiger charge is -2.19. The van der Waals surface area contributed by atoms with E-state index in [2.05, 4.69) is 19.9 Å². The fourth-order valence-electron chi connectivity index (χ4n) is 3.96. The van der Waals surface area contributed by atoms with Crippen LogP contribution in [0.3, 0.4) is 0 Å². The molecule has 0 bridgehead atoms. The predicted molar refractivity (Wildman–Crippen MR) is 123 cm³/mol. The van der Waals surface area contributed by atoms with Crippen LogP contribution < -0.4 is 9.88 Å². The molecule has 8 heteroatoms. The minimum absolute atomic E-state index is 0.0363. The van der Waals surface area contributed by atoms with Gasteiger partial charge in [0.1, 0.15) is 22.9 Å². The highest BCUT2D eigenvalue weighted by Gasteiger charge is 2.25. The van der Waals surface area contributed by atoms with Crippen molar-refractivity contribution >= 4 is 28.3 Å². The summed E-state index contributed by atoms with van der Waals surface area (Å²) in [6, 6.07) is 13.4. The monoisotopic (exact) mass is 442 g/mol. The van der Waals surface area contributed by atoms with Gasteiger partial charge in [-0.3, -0.25) is 4.79 Å². The van der Waals surface area contributed by atoms with E-state index in [0.717, 1.165) is 16.7 Å². The van der Waals surface area contributed by atoms with E-state index >= 15 is 0 Å². The molecular weight excluding hydrogens is 421 g/mol. The van der Waals surface area contributed by atoms with Crippen LogP contribution in [0.15, 0.2) is 65.9 Å². The average molecular weight is 442 g/mol. The Morgan fingerprint density at radius 2 is 2.06 bits per heavy atom. The molecule has 2 aromatic carbocycles. The number of aromatic nitrogens is 3. The van der Waals surface area contributed by atoms with Gasteiger partial charge in [0.05, 0.1) is 17.6 Å². The van der Waals surface area contributed by atoms with E-state index in [1.54, 1.807) is 24.5 Å². The number of nitrogens with zero attached hydrogens (tertiary/aromatic N) is 4. The van der Waals surface area contributed by atoms with Gasteiger partial charge in [-0.05, 0) is 42.8 Å². The molecule has 7 nitrogen and oxygen atoms in total. The van der Waals surface area contributed by atoms with Crippen LogP contribution >= 0.6 is 0 Å². The standard InChI is InChI=1S/C25H20FN5O2/c1-15-7-8-18-20(12-15)29-23(22-19(26)5-2-6-21(22)32)30-24(18)31-11-9-17(14-31)28-25(33)16-4-3-10-27-13-16/h2-8,10,12-13,32H,9,11,14H2,1H3/p+1. The second-order valence-electron chi connectivity index (χ2n) is 7.97. The molecule has 1 aliphatic rings. The van der Waals surface area contributed by atoms with Crippen molar-refractivity contribution in [3.63, 3.8) is 0 Å². The summed E-state index contributed by atoms with van der Waals surface area (Å²) in [5.74, 6) is -0.393. The van der Waals surface area contributed by atoms with Crippen LogP contribution in [0.5, 0.6) is 5.75 Å². The number of carbonyl (C=O) groups is 1. The molecule has 2 N–H and O–H groups in total. The Morgan fingerprint density at radius 3 is 2.85 bits per heavy atom. The van der Waals surface area contributed by atoms with Gasteiger partial charge in [0.25, 0.3) is 5.91 Å². The number of H-pyrrole nitrogens is 1. The smallest absolute Gasteiger partial charge is 0.283 e. The minimum Gasteiger partial charge on any atom is -0.507 e. The third kappa shape index (κ3) is 4.03. The fraction of sp³-hybridized carbons (Fsp3) is 0.160. The van der Waals surface area contributed by atoms with Crippen molar-refractivity contribution in [2.75, 3.05) is 18.0 Å². The number of carbonyl (C=O) groups excluding carboxylic acids is 1. The molecule has 0 saturated carbocycles. The van der Waals surface area contributed by atoms with E-state index in [9.17, 15) is 14.3 Å². The van der Waals surface area contributed by atoms with Crippen LogP contribution in [0, 0.1) is 12.7 Å². The summed E-state index contributed by atoms with van der Waals surface area (Å²) in [6.45, 7) is 2.98. The van der Waals surface area contributed by atoms with Crippen molar-refractivity contribution in [3.05, 3.63) is 77.9 Å². The molecule has 5 rings (SSSR count). The van der Waals surface area contributed by atoms with Crippen molar-refractivity contribution in [2.45, 2.75) is 13.3 Å². The zero-order chi connectivity index (χ0) is 22.9. The zero-order valence-electron chi connectivity index (χ0n) is 17.9. The SMILES string of the molecule is Cc1ccc2c(N3CCC(=NC(=O)c4ccc[nH+]c4)C3)nc(-c3c(O)cccc3F)nc2c1. The van der Waals surface area contributed by atoms with Gasteiger partial charge in [-0.1, -0.05) is 12.1 Å². The molecule has 0 aliphatic carbocycles. The number of hydrogen-bond donors (Lipinski definition) is 1. The number of anilines is 1. The number of nitrogens with one attached hydrogen (secondary N) is 1. The number of fused-ring (bicyclic) bond motifs is 1. The highest BCUT2D eigenvalue weighted by molar-refractivity contribution is 6.06. The molecule has 0 unspecified atom stereocenters. The van der Waals surface area contributed by atoms with E-state index in [4.69, 9.17) is 0 Å². The normalized spacial score (nSPS) is 14.8. The second-order valence-corrected chi connectivity index (χ2v) is 7.97. The number of hydrogen-bond acceptors (Lipinski definition) is 5. The molecule has 1 saturated heterocycles. The molecule has 1 amide bonds. The Balaban J connectivity index is 1.55. The molecule has 33 heavy (non-hydrogen) atoms. The van der Waals surface area contributed by atoms with E-state index < -0.39 is 5.82 Å². The third-order valence-electron chi connectivity index (χ3n) is 5.60. The maximum Gasteiger partial charge on any atom is 0.283 e. The first-order chi connectivity index (χ1) is 16.0. The first kappa shape index (κ1) is 20.7. The molecule has 0 radical (unpaired) electrons. The number of pyridine rings is 1. The number of benzene rings is 2. The number of phenolic OH excluding ortho intramolecular Hbond substituents is 1. The van der Waals surface area contributed by atoms with Crippen LogP contribution in [0.4, 0.5) is 10.2 Å². The molecule has 3 heterocycles. The third-order valence-corrected chi connectivity index (χ3v) is 5.60. The Hall–Kier alpha value is -4.20. The van der Waals surface area contributed by atoms with Crippen LogP contribution in [0.25, 0.3) is 22.3 Å². The second kappa shape index (κ2) is 8.38. The summed E-state index contributed by atoms with van der Waals surface area (Å²) in [6.07, 6.45) is 3.96. The van der Waals surface area contributed by atoms with Crippen LogP contribution in [0.2, 0.25) is 0 Å². The molecule has 164 valence electrons. The van der Waals surface area contributed by atoms with Gasteiger partial charge in [-0.25, -0.2) is 24.3 Å². The van der Waals surface area contributed by atoms with E-state index in [0.29, 0.717) is 36.4 Å². The Labute approximate surface area is 189 Å². The molecular formula is C25H21FN5O2+. The lowest BCUT2D eigenvalue weighted by Crippen LogP contribution is -2.22. The lowest BCUT2D eigenvalue weighted by molar-refractivity contribution is -0.378. The van der Waals surface area contributed by atoms with Gasteiger partial charge in [0.2, 0.25) is 0 Å². The Morgan fingerprint density at radius 1 is 1.18 bits per heavy atom. The summed E-state index contributed by atoms with van der Waals surface area (Å²) in [4.78, 5) is 30.9. The van der Waals surface area contributed by atoms with E-state index in [-0.39, 0.29) is 23.0 Å². The molecule has 0 spiro atoms. The van der Waals surface area contributed by atoms with Gasteiger partial charge in [-0.15, -0.1) is 0 Å². The molecule has 1 fully saturated rings. The summed E-state index contributed by atoms with van der Waals surface area (Å²) in [5, 5.41) is 11.1. The summed E-state index contributed by atoms with van der Waals surface area (Å²) in [7, 11) is 0.